The molecule has 2 heterocycles. The van der Waals surface area contributed by atoms with Gasteiger partial charge in [-0.2, -0.15) is 0 Å². The summed E-state index contributed by atoms with van der Waals surface area (Å²) in [7, 11) is 0. The van der Waals surface area contributed by atoms with Crippen molar-refractivity contribution in [2.75, 3.05) is 11.9 Å². The van der Waals surface area contributed by atoms with Gasteiger partial charge in [-0.05, 0) is 37.6 Å². The van der Waals surface area contributed by atoms with Crippen LogP contribution in [0.4, 0.5) is 5.69 Å². The van der Waals surface area contributed by atoms with E-state index >= 15 is 0 Å². The lowest BCUT2D eigenvalue weighted by Gasteiger charge is -2.06. The first-order valence-electron chi connectivity index (χ1n) is 7.39. The number of anilines is 1. The van der Waals surface area contributed by atoms with Crippen LogP contribution in [-0.4, -0.2) is 34.2 Å². The number of rotatable bonds is 4. The van der Waals surface area contributed by atoms with Crippen LogP contribution in [-0.2, 0) is 9.53 Å². The first-order valence-corrected chi connectivity index (χ1v) is 7.39. The Kier molecular flexibility index (Phi) is 4.07. The largest absolute Gasteiger partial charge is 0.453 e. The van der Waals surface area contributed by atoms with Gasteiger partial charge in [0.2, 0.25) is 5.91 Å². The fourth-order valence-electron chi connectivity index (χ4n) is 2.38. The Morgan fingerprint density at radius 1 is 1.25 bits per heavy atom. The fraction of sp³-hybridized carbons (Fsp3) is 0.235. The van der Waals surface area contributed by atoms with E-state index in [0.717, 1.165) is 5.56 Å². The van der Waals surface area contributed by atoms with Crippen LogP contribution < -0.4 is 5.32 Å². The van der Waals surface area contributed by atoms with Crippen LogP contribution in [0, 0.1) is 6.92 Å². The van der Waals surface area contributed by atoms with Crippen molar-refractivity contribution in [2.24, 2.45) is 0 Å². The van der Waals surface area contributed by atoms with E-state index in [1.54, 1.807) is 32.0 Å². The minimum absolute atomic E-state index is 0.0470. The van der Waals surface area contributed by atoms with Crippen LogP contribution in [0.25, 0.3) is 0 Å². The minimum atomic E-state index is -0.706. The summed E-state index contributed by atoms with van der Waals surface area (Å²) in [4.78, 5) is 43.5. The van der Waals surface area contributed by atoms with Crippen LogP contribution in [0.5, 0.6) is 0 Å². The van der Waals surface area contributed by atoms with Gasteiger partial charge in [0.15, 0.2) is 18.1 Å². The number of aromatic nitrogens is 2. The SMILES string of the molecule is Cc1cnc(C(=O)OCC(=O)c2ccc3c(c2)[C@H](C)C(=O)N3)cn1. The maximum absolute atomic E-state index is 12.2. The molecule has 1 aromatic carbocycles. The molecule has 1 aliphatic heterocycles. The van der Waals surface area contributed by atoms with E-state index in [-0.39, 0.29) is 23.3 Å². The lowest BCUT2D eigenvalue weighted by atomic mass is 9.99. The Balaban J connectivity index is 1.67. The van der Waals surface area contributed by atoms with E-state index in [4.69, 9.17) is 4.74 Å². The predicted octanol–water partition coefficient (Wildman–Crippen LogP) is 1.88. The summed E-state index contributed by atoms with van der Waals surface area (Å²) in [5.41, 5.74) is 2.58. The maximum atomic E-state index is 12.2. The zero-order valence-electron chi connectivity index (χ0n) is 13.2. The van der Waals surface area contributed by atoms with E-state index in [1.807, 2.05) is 0 Å². The number of ether oxygens (including phenoxy) is 1. The van der Waals surface area contributed by atoms with Crippen molar-refractivity contribution in [3.8, 4) is 0 Å². The highest BCUT2D eigenvalue weighted by Crippen LogP contribution is 2.32. The van der Waals surface area contributed by atoms with Gasteiger partial charge < -0.3 is 10.1 Å². The number of carbonyl (C=O) groups excluding carboxylic acids is 3. The Bertz CT molecular complexity index is 830. The number of esters is 1. The number of hydrogen-bond donors (Lipinski definition) is 1. The summed E-state index contributed by atoms with van der Waals surface area (Å²) < 4.78 is 4.98. The van der Waals surface area contributed by atoms with Crippen molar-refractivity contribution in [1.29, 1.82) is 0 Å². The molecule has 1 atom stereocenters. The molecule has 0 unspecified atom stereocenters. The predicted molar refractivity (Wildman–Crippen MR) is 84.9 cm³/mol. The van der Waals surface area contributed by atoms with Crippen LogP contribution in [0.15, 0.2) is 30.6 Å². The third-order valence-corrected chi connectivity index (χ3v) is 3.82. The number of aryl methyl sites for hydroxylation is 1. The molecule has 0 fully saturated rings. The van der Waals surface area contributed by atoms with Gasteiger partial charge in [-0.15, -0.1) is 0 Å². The topological polar surface area (TPSA) is 98.2 Å². The lowest BCUT2D eigenvalue weighted by Crippen LogP contribution is -2.15. The normalized spacial score (nSPS) is 15.6. The first-order chi connectivity index (χ1) is 11.5. The number of carbonyl (C=O) groups is 3. The molecular weight excluding hydrogens is 310 g/mol. The number of nitrogens with zero attached hydrogens (tertiary/aromatic N) is 2. The summed E-state index contributed by atoms with van der Waals surface area (Å²) in [6.07, 6.45) is 2.75. The molecule has 1 aliphatic rings. The molecule has 0 bridgehead atoms. The molecular formula is C17H15N3O4. The fourth-order valence-corrected chi connectivity index (χ4v) is 2.38. The standard InChI is InChI=1S/C17H15N3O4/c1-9-6-19-14(7-18-9)17(23)24-8-15(21)11-3-4-13-12(5-11)10(2)16(22)20-13/h3-7,10H,8H2,1-2H3,(H,20,22)/t10-/m0/s1. The monoisotopic (exact) mass is 325 g/mol. The Labute approximate surface area is 138 Å². The molecule has 1 amide bonds. The highest BCUT2D eigenvalue weighted by molar-refractivity contribution is 6.05. The minimum Gasteiger partial charge on any atom is -0.453 e. The molecule has 2 aromatic rings. The smallest absolute Gasteiger partial charge is 0.358 e. The summed E-state index contributed by atoms with van der Waals surface area (Å²) in [5, 5.41) is 2.74. The number of ketones is 1. The van der Waals surface area contributed by atoms with Crippen molar-refractivity contribution in [3.63, 3.8) is 0 Å². The van der Waals surface area contributed by atoms with Crippen molar-refractivity contribution >= 4 is 23.3 Å². The molecule has 7 heteroatoms. The van der Waals surface area contributed by atoms with Gasteiger partial charge in [-0.25, -0.2) is 9.78 Å². The molecule has 122 valence electrons. The molecule has 0 radical (unpaired) electrons. The molecule has 3 rings (SSSR count). The van der Waals surface area contributed by atoms with Gasteiger partial charge in [0.05, 0.1) is 17.8 Å². The van der Waals surface area contributed by atoms with Crippen molar-refractivity contribution in [2.45, 2.75) is 19.8 Å². The highest BCUT2D eigenvalue weighted by atomic mass is 16.5. The third-order valence-electron chi connectivity index (χ3n) is 3.82. The first kappa shape index (κ1) is 15.8. The molecule has 0 spiro atoms. The van der Waals surface area contributed by atoms with Gasteiger partial charge in [0, 0.05) is 17.4 Å². The lowest BCUT2D eigenvalue weighted by molar-refractivity contribution is -0.116. The van der Waals surface area contributed by atoms with Crippen LogP contribution in [0.3, 0.4) is 0 Å². The summed E-state index contributed by atoms with van der Waals surface area (Å²) in [5.74, 6) is -1.46. The zero-order chi connectivity index (χ0) is 17.3. The van der Waals surface area contributed by atoms with Crippen molar-refractivity contribution in [1.82, 2.24) is 9.97 Å². The van der Waals surface area contributed by atoms with E-state index in [0.29, 0.717) is 16.9 Å². The van der Waals surface area contributed by atoms with Gasteiger partial charge in [0.1, 0.15) is 0 Å². The number of nitrogens with one attached hydrogen (secondary N) is 1. The van der Waals surface area contributed by atoms with Crippen molar-refractivity contribution in [3.05, 3.63) is 53.1 Å². The van der Waals surface area contributed by atoms with Crippen LogP contribution >= 0.6 is 0 Å². The van der Waals surface area contributed by atoms with Gasteiger partial charge >= 0.3 is 5.97 Å². The molecule has 0 aliphatic carbocycles. The summed E-state index contributed by atoms with van der Waals surface area (Å²) in [6, 6.07) is 4.93. The zero-order valence-corrected chi connectivity index (χ0v) is 13.2. The number of Topliss-reactive ketones (excluding diaryl/α,β-unsaturated/α-hetero) is 1. The average molecular weight is 325 g/mol. The molecule has 1 N–H and O–H groups in total. The number of hydrogen-bond acceptors (Lipinski definition) is 6. The third kappa shape index (κ3) is 3.01. The maximum Gasteiger partial charge on any atom is 0.358 e. The number of benzene rings is 1. The Hall–Kier alpha value is -3.09. The Morgan fingerprint density at radius 3 is 2.75 bits per heavy atom. The quantitative estimate of drug-likeness (QED) is 0.681. The number of amides is 1. The van der Waals surface area contributed by atoms with E-state index in [9.17, 15) is 14.4 Å². The second-order valence-corrected chi connectivity index (χ2v) is 5.56. The summed E-state index contributed by atoms with van der Waals surface area (Å²) in [6.45, 7) is 3.12. The van der Waals surface area contributed by atoms with E-state index in [1.165, 1.54) is 12.4 Å². The molecule has 0 saturated heterocycles. The van der Waals surface area contributed by atoms with Crippen LogP contribution in [0.1, 0.15) is 44.9 Å². The van der Waals surface area contributed by atoms with Gasteiger partial charge in [-0.3, -0.25) is 14.6 Å². The van der Waals surface area contributed by atoms with E-state index < -0.39 is 12.6 Å². The van der Waals surface area contributed by atoms with Crippen molar-refractivity contribution < 1.29 is 19.1 Å². The number of fused-ring (bicyclic) bond motifs is 1. The van der Waals surface area contributed by atoms with Crippen LogP contribution in [0.2, 0.25) is 0 Å². The highest BCUT2D eigenvalue weighted by Gasteiger charge is 2.27. The summed E-state index contributed by atoms with van der Waals surface area (Å²) >= 11 is 0. The molecule has 7 nitrogen and oxygen atoms in total. The van der Waals surface area contributed by atoms with Gasteiger partial charge in [-0.1, -0.05) is 0 Å². The van der Waals surface area contributed by atoms with Gasteiger partial charge in [0.25, 0.3) is 0 Å². The molecule has 24 heavy (non-hydrogen) atoms. The average Bonchev–Trinajstić information content (AvgIpc) is 2.87. The molecule has 1 aromatic heterocycles. The molecule has 0 saturated carbocycles. The Morgan fingerprint density at radius 2 is 2.04 bits per heavy atom. The van der Waals surface area contributed by atoms with E-state index in [2.05, 4.69) is 15.3 Å². The second kappa shape index (κ2) is 6.19. The second-order valence-electron chi connectivity index (χ2n) is 5.56.